The first-order valence-corrected chi connectivity index (χ1v) is 13.3. The third-order valence-electron chi connectivity index (χ3n) is 5.69. The Labute approximate surface area is 210 Å². The summed E-state index contributed by atoms with van der Waals surface area (Å²) in [7, 11) is -0.219. The smallest absolute Gasteiger partial charge is 0.459 e. The summed E-state index contributed by atoms with van der Waals surface area (Å²) < 4.78 is 27.4. The fraction of sp³-hybridized carbons (Fsp3) is 0.429. The molecule has 0 amide bonds. The minimum absolute atomic E-state index is 0.0914. The number of halogens is 1. The van der Waals surface area contributed by atoms with Crippen molar-refractivity contribution in [3.63, 3.8) is 0 Å². The third-order valence-corrected chi connectivity index (χ3v) is 7.86. The van der Waals surface area contributed by atoms with Crippen LogP contribution in [0.4, 0.5) is 11.8 Å². The molecule has 0 spiro atoms. The summed E-state index contributed by atoms with van der Waals surface area (Å²) in [5.74, 6) is 0.0462. The van der Waals surface area contributed by atoms with Crippen LogP contribution in [0.2, 0.25) is 0 Å². The molecule has 2 aromatic heterocycles. The summed E-state index contributed by atoms with van der Waals surface area (Å²) in [6.07, 6.45) is 3.20. The van der Waals surface area contributed by atoms with E-state index in [1.54, 1.807) is 30.6 Å². The Hall–Kier alpha value is -2.73. The van der Waals surface area contributed by atoms with Crippen LogP contribution in [-0.4, -0.2) is 57.3 Å². The molecule has 2 atom stereocenters. The second-order valence-corrected chi connectivity index (χ2v) is 11.3. The van der Waals surface area contributed by atoms with Gasteiger partial charge in [-0.05, 0) is 49.9 Å². The minimum atomic E-state index is -3.95. The predicted octanol–water partition coefficient (Wildman–Crippen LogP) is 3.45. The number of anilines is 2. The van der Waals surface area contributed by atoms with Crippen molar-refractivity contribution in [3.05, 3.63) is 35.1 Å². The zero-order valence-corrected chi connectivity index (χ0v) is 21.9. The number of carboxylic acid groups (broad SMARTS) is 1. The van der Waals surface area contributed by atoms with Gasteiger partial charge in [0.25, 0.3) is 0 Å². The maximum Gasteiger partial charge on any atom is 0.459 e. The van der Waals surface area contributed by atoms with Crippen molar-refractivity contribution in [1.82, 2.24) is 24.6 Å². The van der Waals surface area contributed by atoms with Crippen LogP contribution in [0, 0.1) is 5.92 Å². The molecule has 1 saturated carbocycles. The van der Waals surface area contributed by atoms with Crippen molar-refractivity contribution in [1.29, 1.82) is 0 Å². The number of nitrogen functional groups attached to an aromatic ring is 1. The van der Waals surface area contributed by atoms with Gasteiger partial charge in [-0.1, -0.05) is 15.9 Å². The van der Waals surface area contributed by atoms with Crippen molar-refractivity contribution in [2.45, 2.75) is 31.8 Å². The highest BCUT2D eigenvalue weighted by Gasteiger charge is 2.37. The normalized spacial score (nSPS) is 20.1. The Morgan fingerprint density at radius 3 is 2.66 bits per heavy atom. The zero-order valence-electron chi connectivity index (χ0n) is 19.5. The summed E-state index contributed by atoms with van der Waals surface area (Å²) in [6.45, 7) is 1.51. The Morgan fingerprint density at radius 2 is 2.03 bits per heavy atom. The van der Waals surface area contributed by atoms with Crippen LogP contribution < -0.4 is 20.2 Å². The van der Waals surface area contributed by atoms with E-state index >= 15 is 0 Å². The van der Waals surface area contributed by atoms with Crippen LogP contribution in [0.25, 0.3) is 11.2 Å². The number of aromatic nitrogens is 4. The average Bonchev–Trinajstić information content (AvgIpc) is 3.16. The van der Waals surface area contributed by atoms with Crippen molar-refractivity contribution in [2.75, 3.05) is 31.3 Å². The van der Waals surface area contributed by atoms with E-state index in [2.05, 4.69) is 36.0 Å². The van der Waals surface area contributed by atoms with Gasteiger partial charge >= 0.3 is 13.7 Å². The lowest BCUT2D eigenvalue weighted by Gasteiger charge is -2.36. The number of imidazole rings is 1. The number of fused-ring (bicyclic) bond motifs is 1. The van der Waals surface area contributed by atoms with Crippen LogP contribution in [0.1, 0.15) is 25.8 Å². The van der Waals surface area contributed by atoms with Gasteiger partial charge in [0.05, 0.1) is 12.9 Å². The first-order valence-electron chi connectivity index (χ1n) is 10.9. The van der Waals surface area contributed by atoms with E-state index in [4.69, 9.17) is 14.8 Å². The Kier molecular flexibility index (Phi) is 7.32. The molecule has 14 heteroatoms. The maximum atomic E-state index is 13.4. The number of hydrogen-bond acceptors (Lipinski definition) is 9. The van der Waals surface area contributed by atoms with E-state index < -0.39 is 19.8 Å². The van der Waals surface area contributed by atoms with E-state index in [1.807, 2.05) is 23.6 Å². The Balaban J connectivity index is 1.43. The van der Waals surface area contributed by atoms with Gasteiger partial charge in [0.15, 0.2) is 17.0 Å². The molecular formula is C21H27BrN7O5P. The fourth-order valence-corrected chi connectivity index (χ4v) is 5.62. The predicted molar refractivity (Wildman–Crippen MR) is 134 cm³/mol. The van der Waals surface area contributed by atoms with Gasteiger partial charge in [-0.3, -0.25) is 9.32 Å². The molecule has 12 nitrogen and oxygen atoms in total. The highest BCUT2D eigenvalue weighted by Crippen LogP contribution is 2.48. The second-order valence-electron chi connectivity index (χ2n) is 8.64. The molecule has 0 bridgehead atoms. The number of hydrogen-bond donors (Lipinski definition) is 3. The molecule has 2 unspecified atom stereocenters. The van der Waals surface area contributed by atoms with Crippen LogP contribution in [0.5, 0.6) is 5.75 Å². The van der Waals surface area contributed by atoms with Crippen LogP contribution in [0.15, 0.2) is 35.1 Å². The lowest BCUT2D eigenvalue weighted by atomic mass is 9.81. The Bertz CT molecular complexity index is 1260. The van der Waals surface area contributed by atoms with Gasteiger partial charge in [0, 0.05) is 24.6 Å². The molecule has 35 heavy (non-hydrogen) atoms. The van der Waals surface area contributed by atoms with Crippen molar-refractivity contribution in [3.8, 4) is 5.75 Å². The van der Waals surface area contributed by atoms with Gasteiger partial charge in [-0.2, -0.15) is 15.1 Å². The fourth-order valence-electron chi connectivity index (χ4n) is 3.78. The maximum absolute atomic E-state index is 13.4. The SMILES string of the molecule is CC(NP(=O)(OCC1CC(n2cnc3c(N(C)C)nc(N)nc32)C1)Oc1ccc(Br)cc1)C(=O)O. The lowest BCUT2D eigenvalue weighted by Crippen LogP contribution is -2.35. The number of carbonyl (C=O) groups is 1. The number of nitrogens with one attached hydrogen (secondary N) is 1. The molecule has 1 aliphatic rings. The number of nitrogens with zero attached hydrogens (tertiary/aromatic N) is 5. The molecule has 4 N–H and O–H groups in total. The monoisotopic (exact) mass is 567 g/mol. The summed E-state index contributed by atoms with van der Waals surface area (Å²) in [5.41, 5.74) is 7.23. The van der Waals surface area contributed by atoms with Crippen LogP contribution in [-0.2, 0) is 13.9 Å². The molecular weight excluding hydrogens is 541 g/mol. The number of aliphatic carboxylic acids is 1. The second kappa shape index (κ2) is 10.1. The third kappa shape index (κ3) is 5.75. The topological polar surface area (TPSA) is 158 Å². The largest absolute Gasteiger partial charge is 0.480 e. The van der Waals surface area contributed by atoms with Crippen molar-refractivity contribution >= 4 is 52.6 Å². The summed E-state index contributed by atoms with van der Waals surface area (Å²) >= 11 is 3.33. The molecule has 3 aromatic rings. The van der Waals surface area contributed by atoms with Gasteiger partial charge in [-0.15, -0.1) is 0 Å². The first kappa shape index (κ1) is 25.4. The van der Waals surface area contributed by atoms with E-state index in [0.29, 0.717) is 22.7 Å². The number of rotatable bonds is 10. The molecule has 0 radical (unpaired) electrons. The standard InChI is InChI=1S/C21H27BrN7O5P/c1-12(20(30)31)27-35(32,34-16-6-4-14(22)5-7-16)33-10-13-8-15(9-13)29-11-24-17-18(28(2)3)25-21(23)26-19(17)29/h4-7,11-13,15H,8-10H2,1-3H3,(H,27,32)(H,30,31)(H2,23,25,26). The van der Waals surface area contributed by atoms with Gasteiger partial charge < -0.3 is 24.8 Å². The first-order chi connectivity index (χ1) is 16.5. The van der Waals surface area contributed by atoms with Gasteiger partial charge in [0.1, 0.15) is 11.8 Å². The summed E-state index contributed by atoms with van der Waals surface area (Å²) in [4.78, 5) is 26.3. The summed E-state index contributed by atoms with van der Waals surface area (Å²) in [5, 5.41) is 11.7. The molecule has 1 aliphatic carbocycles. The Morgan fingerprint density at radius 1 is 1.34 bits per heavy atom. The van der Waals surface area contributed by atoms with E-state index in [9.17, 15) is 14.5 Å². The van der Waals surface area contributed by atoms with E-state index in [1.165, 1.54) is 6.92 Å². The van der Waals surface area contributed by atoms with Crippen molar-refractivity contribution in [2.24, 2.45) is 5.92 Å². The van der Waals surface area contributed by atoms with Gasteiger partial charge in [0.2, 0.25) is 5.95 Å². The van der Waals surface area contributed by atoms with E-state index in [-0.39, 0.29) is 24.5 Å². The molecule has 1 aromatic carbocycles. The summed E-state index contributed by atoms with van der Waals surface area (Å²) in [6, 6.07) is 5.68. The average molecular weight is 568 g/mol. The molecule has 0 aliphatic heterocycles. The van der Waals surface area contributed by atoms with Crippen LogP contribution >= 0.6 is 23.7 Å². The number of nitrogens with two attached hydrogens (primary N) is 1. The molecule has 1 fully saturated rings. The lowest BCUT2D eigenvalue weighted by molar-refractivity contribution is -0.138. The van der Waals surface area contributed by atoms with Crippen LogP contribution in [0.3, 0.4) is 0 Å². The zero-order chi connectivity index (χ0) is 25.3. The molecule has 2 heterocycles. The highest BCUT2D eigenvalue weighted by atomic mass is 79.9. The number of benzene rings is 1. The molecule has 4 rings (SSSR count). The quantitative estimate of drug-likeness (QED) is 0.308. The highest BCUT2D eigenvalue weighted by molar-refractivity contribution is 9.10. The minimum Gasteiger partial charge on any atom is -0.480 e. The van der Waals surface area contributed by atoms with Gasteiger partial charge in [-0.25, -0.2) is 9.55 Å². The molecule has 0 saturated heterocycles. The molecule has 188 valence electrons. The van der Waals surface area contributed by atoms with E-state index in [0.717, 1.165) is 17.3 Å². The number of carboxylic acids is 1. The van der Waals surface area contributed by atoms with Crippen molar-refractivity contribution < 1.29 is 23.5 Å².